The van der Waals surface area contributed by atoms with Gasteiger partial charge in [0.25, 0.3) is 6.43 Å². The zero-order valence-corrected chi connectivity index (χ0v) is 11.9. The average molecular weight is 354 g/mol. The maximum absolute atomic E-state index is 12.5. The average Bonchev–Trinajstić information content (AvgIpc) is 2.96. The van der Waals surface area contributed by atoms with Gasteiger partial charge < -0.3 is 10.8 Å². The summed E-state index contributed by atoms with van der Waals surface area (Å²) in [5, 5.41) is 11.0. The van der Waals surface area contributed by atoms with Crippen molar-refractivity contribution in [2.45, 2.75) is 25.6 Å². The molecule has 0 spiro atoms. The lowest BCUT2D eigenvalue weighted by molar-refractivity contribution is -0.192. The maximum Gasteiger partial charge on any atom is 0.490 e. The standard InChI is InChI=1S/C9H10F2N6.C2HF3O2/c1-5(12)9-15-4-16-17(9)7-2-6(8(10)11)13-3-14-7;3-2(4,5)1(6)7/h2-5,8H,12H2,1H3;(H,6,7)/t5-;/m0./s1. The zero-order valence-electron chi connectivity index (χ0n) is 11.9. The third kappa shape index (κ3) is 5.19. The second-order valence-corrected chi connectivity index (χ2v) is 4.22. The molecular formula is C11H11F5N6O2. The molecule has 0 fully saturated rings. The largest absolute Gasteiger partial charge is 0.490 e. The molecule has 0 aliphatic rings. The minimum Gasteiger partial charge on any atom is -0.475 e. The molecule has 2 aromatic heterocycles. The third-order valence-electron chi connectivity index (χ3n) is 2.34. The minimum atomic E-state index is -5.08. The molecular weight excluding hydrogens is 343 g/mol. The molecule has 2 aromatic rings. The first-order valence-corrected chi connectivity index (χ1v) is 6.10. The Morgan fingerprint density at radius 3 is 2.29 bits per heavy atom. The summed E-state index contributed by atoms with van der Waals surface area (Å²) in [6, 6.07) is 0.785. The van der Waals surface area contributed by atoms with Crippen LogP contribution in [0.3, 0.4) is 0 Å². The van der Waals surface area contributed by atoms with Gasteiger partial charge in [-0.1, -0.05) is 0 Å². The summed E-state index contributed by atoms with van der Waals surface area (Å²) in [5.74, 6) is -2.09. The van der Waals surface area contributed by atoms with Gasteiger partial charge in [0.1, 0.15) is 18.3 Å². The molecule has 2 rings (SSSR count). The predicted molar refractivity (Wildman–Crippen MR) is 68.2 cm³/mol. The molecule has 1 atom stereocenters. The van der Waals surface area contributed by atoms with Crippen LogP contribution < -0.4 is 5.73 Å². The Labute approximate surface area is 131 Å². The maximum atomic E-state index is 12.5. The number of hydrogen-bond donors (Lipinski definition) is 2. The Morgan fingerprint density at radius 1 is 1.25 bits per heavy atom. The lowest BCUT2D eigenvalue weighted by Crippen LogP contribution is -2.21. The summed E-state index contributed by atoms with van der Waals surface area (Å²) in [6.07, 6.45) is -5.38. The first-order chi connectivity index (χ1) is 11.0. The van der Waals surface area contributed by atoms with Crippen molar-refractivity contribution >= 4 is 5.97 Å². The lowest BCUT2D eigenvalue weighted by atomic mass is 10.3. The van der Waals surface area contributed by atoms with Crippen LogP contribution in [-0.4, -0.2) is 42.0 Å². The number of carboxylic acid groups (broad SMARTS) is 1. The second kappa shape index (κ2) is 7.72. The Bertz CT molecular complexity index is 688. The van der Waals surface area contributed by atoms with Crippen LogP contribution in [0, 0.1) is 0 Å². The van der Waals surface area contributed by atoms with Gasteiger partial charge in [-0.15, -0.1) is 0 Å². The van der Waals surface area contributed by atoms with E-state index in [2.05, 4.69) is 20.1 Å². The van der Waals surface area contributed by atoms with E-state index in [0.717, 1.165) is 12.4 Å². The van der Waals surface area contributed by atoms with E-state index in [-0.39, 0.29) is 17.6 Å². The van der Waals surface area contributed by atoms with Crippen molar-refractivity contribution in [2.75, 3.05) is 0 Å². The number of hydrogen-bond acceptors (Lipinski definition) is 6. The van der Waals surface area contributed by atoms with E-state index < -0.39 is 18.6 Å². The smallest absolute Gasteiger partial charge is 0.475 e. The van der Waals surface area contributed by atoms with E-state index in [0.29, 0.717) is 5.82 Å². The first kappa shape index (κ1) is 19.3. The number of aliphatic carboxylic acids is 1. The van der Waals surface area contributed by atoms with E-state index in [1.54, 1.807) is 6.92 Å². The molecule has 0 bridgehead atoms. The minimum absolute atomic E-state index is 0.222. The van der Waals surface area contributed by atoms with Crippen LogP contribution in [0.5, 0.6) is 0 Å². The molecule has 0 aliphatic heterocycles. The van der Waals surface area contributed by atoms with Crippen molar-refractivity contribution in [2.24, 2.45) is 5.73 Å². The topological polar surface area (TPSA) is 120 Å². The van der Waals surface area contributed by atoms with Gasteiger partial charge >= 0.3 is 12.1 Å². The number of carboxylic acids is 1. The summed E-state index contributed by atoms with van der Waals surface area (Å²) in [5.41, 5.74) is 5.32. The van der Waals surface area contributed by atoms with Gasteiger partial charge in [-0.05, 0) is 6.92 Å². The van der Waals surface area contributed by atoms with Crippen molar-refractivity contribution in [1.82, 2.24) is 24.7 Å². The van der Waals surface area contributed by atoms with Gasteiger partial charge in [-0.3, -0.25) is 0 Å². The van der Waals surface area contributed by atoms with Gasteiger partial charge in [-0.2, -0.15) is 23.0 Å². The van der Waals surface area contributed by atoms with Gasteiger partial charge in [-0.25, -0.2) is 28.5 Å². The molecule has 2 heterocycles. The van der Waals surface area contributed by atoms with Crippen molar-refractivity contribution in [1.29, 1.82) is 0 Å². The van der Waals surface area contributed by atoms with E-state index in [1.165, 1.54) is 11.0 Å². The summed E-state index contributed by atoms with van der Waals surface area (Å²) >= 11 is 0. The number of nitrogens with zero attached hydrogens (tertiary/aromatic N) is 5. The molecule has 24 heavy (non-hydrogen) atoms. The SMILES string of the molecule is C[C@H](N)c1ncnn1-c1cc(C(F)F)ncn1.O=C(O)C(F)(F)F. The van der Waals surface area contributed by atoms with Crippen molar-refractivity contribution in [3.05, 3.63) is 30.2 Å². The molecule has 3 N–H and O–H groups in total. The quantitative estimate of drug-likeness (QED) is 0.804. The first-order valence-electron chi connectivity index (χ1n) is 6.10. The summed E-state index contributed by atoms with van der Waals surface area (Å²) < 4.78 is 58.0. The molecule has 0 saturated carbocycles. The Kier molecular flexibility index (Phi) is 6.22. The molecule has 0 radical (unpaired) electrons. The lowest BCUT2D eigenvalue weighted by Gasteiger charge is -2.08. The molecule has 0 amide bonds. The van der Waals surface area contributed by atoms with Crippen molar-refractivity contribution in [3.63, 3.8) is 0 Å². The fourth-order valence-corrected chi connectivity index (χ4v) is 1.33. The number of nitrogens with two attached hydrogens (primary N) is 1. The Morgan fingerprint density at radius 2 is 1.83 bits per heavy atom. The molecule has 0 unspecified atom stereocenters. The van der Waals surface area contributed by atoms with Crippen LogP contribution in [0.2, 0.25) is 0 Å². The van der Waals surface area contributed by atoms with Gasteiger partial charge in [0, 0.05) is 6.07 Å². The van der Waals surface area contributed by atoms with E-state index in [4.69, 9.17) is 15.6 Å². The molecule has 0 aliphatic carbocycles. The number of aromatic nitrogens is 5. The summed E-state index contributed by atoms with van der Waals surface area (Å²) in [4.78, 5) is 20.2. The van der Waals surface area contributed by atoms with Crippen LogP contribution in [-0.2, 0) is 4.79 Å². The molecule has 0 saturated heterocycles. The number of alkyl halides is 5. The Hall–Kier alpha value is -2.70. The summed E-state index contributed by atoms with van der Waals surface area (Å²) in [6.45, 7) is 1.72. The van der Waals surface area contributed by atoms with Gasteiger partial charge in [0.15, 0.2) is 11.6 Å². The molecule has 13 heteroatoms. The Balaban J connectivity index is 0.000000351. The summed E-state index contributed by atoms with van der Waals surface area (Å²) in [7, 11) is 0. The fourth-order valence-electron chi connectivity index (χ4n) is 1.33. The van der Waals surface area contributed by atoms with Crippen LogP contribution in [0.4, 0.5) is 22.0 Å². The van der Waals surface area contributed by atoms with Gasteiger partial charge in [0.2, 0.25) is 0 Å². The fraction of sp³-hybridized carbons (Fsp3) is 0.364. The van der Waals surface area contributed by atoms with E-state index >= 15 is 0 Å². The highest BCUT2D eigenvalue weighted by atomic mass is 19.4. The van der Waals surface area contributed by atoms with Crippen molar-refractivity contribution in [3.8, 4) is 5.82 Å². The van der Waals surface area contributed by atoms with Crippen LogP contribution in [0.15, 0.2) is 18.7 Å². The molecule has 8 nitrogen and oxygen atoms in total. The van der Waals surface area contributed by atoms with E-state index in [1.807, 2.05) is 0 Å². The number of halogens is 5. The highest BCUT2D eigenvalue weighted by Crippen LogP contribution is 2.18. The van der Waals surface area contributed by atoms with Crippen LogP contribution in [0.25, 0.3) is 5.82 Å². The molecule has 132 valence electrons. The number of rotatable bonds is 3. The highest BCUT2D eigenvalue weighted by molar-refractivity contribution is 5.73. The van der Waals surface area contributed by atoms with E-state index in [9.17, 15) is 22.0 Å². The highest BCUT2D eigenvalue weighted by Gasteiger charge is 2.38. The second-order valence-electron chi connectivity index (χ2n) is 4.22. The normalized spacial score (nSPS) is 12.5. The number of carbonyl (C=O) groups is 1. The molecule has 0 aromatic carbocycles. The van der Waals surface area contributed by atoms with Crippen LogP contribution in [0.1, 0.15) is 30.9 Å². The predicted octanol–water partition coefficient (Wildman–Crippen LogP) is 1.65. The monoisotopic (exact) mass is 354 g/mol. The van der Waals surface area contributed by atoms with Crippen molar-refractivity contribution < 1.29 is 31.9 Å². The third-order valence-corrected chi connectivity index (χ3v) is 2.34. The zero-order chi connectivity index (χ0) is 18.5. The van der Waals surface area contributed by atoms with Gasteiger partial charge in [0.05, 0.1) is 6.04 Å². The van der Waals surface area contributed by atoms with Crippen LogP contribution >= 0.6 is 0 Å².